The summed E-state index contributed by atoms with van der Waals surface area (Å²) >= 11 is 3.36. The Balaban J connectivity index is 2.59. The van der Waals surface area contributed by atoms with Gasteiger partial charge in [-0.05, 0) is 37.6 Å². The Morgan fingerprint density at radius 1 is 1.44 bits per heavy atom. The van der Waals surface area contributed by atoms with Crippen molar-refractivity contribution in [2.75, 3.05) is 11.9 Å². The van der Waals surface area contributed by atoms with Crippen LogP contribution in [0.1, 0.15) is 19.8 Å². The number of carbonyl (C=O) groups is 1. The van der Waals surface area contributed by atoms with Gasteiger partial charge in [-0.15, -0.1) is 0 Å². The van der Waals surface area contributed by atoms with Gasteiger partial charge in [-0.25, -0.2) is 0 Å². The smallest absolute Gasteiger partial charge is 0.226 e. The van der Waals surface area contributed by atoms with E-state index in [-0.39, 0.29) is 11.9 Å². The highest BCUT2D eigenvalue weighted by molar-refractivity contribution is 9.10. The first kappa shape index (κ1) is 13.2. The van der Waals surface area contributed by atoms with E-state index >= 15 is 0 Å². The van der Waals surface area contributed by atoms with Gasteiger partial charge in [0.05, 0.1) is 0 Å². The number of nitrogens with two attached hydrogens (primary N) is 1. The van der Waals surface area contributed by atoms with Gasteiger partial charge in [-0.1, -0.05) is 15.9 Å². The average molecular weight is 285 g/mol. The minimum Gasteiger partial charge on any atom is -0.328 e. The van der Waals surface area contributed by atoms with Gasteiger partial charge in [0, 0.05) is 29.7 Å². The van der Waals surface area contributed by atoms with Crippen molar-refractivity contribution < 1.29 is 4.79 Å². The van der Waals surface area contributed by atoms with Crippen molar-refractivity contribution in [1.82, 2.24) is 0 Å². The van der Waals surface area contributed by atoms with Crippen LogP contribution in [-0.4, -0.2) is 19.0 Å². The maximum absolute atomic E-state index is 11.8. The largest absolute Gasteiger partial charge is 0.328 e. The minimum absolute atomic E-state index is 0.0715. The lowest BCUT2D eigenvalue weighted by atomic mass is 10.2. The van der Waals surface area contributed by atoms with Crippen molar-refractivity contribution in [1.29, 1.82) is 0 Å². The lowest BCUT2D eigenvalue weighted by Crippen LogP contribution is -2.28. The molecule has 0 saturated heterocycles. The summed E-state index contributed by atoms with van der Waals surface area (Å²) in [5, 5.41) is 0. The molecule has 0 aliphatic carbocycles. The van der Waals surface area contributed by atoms with E-state index in [1.165, 1.54) is 0 Å². The SMILES string of the molecule is CC(N)CCC(=O)N(C)c1ccc(Br)cc1. The molecule has 0 aromatic heterocycles. The predicted octanol–water partition coefficient (Wildman–Crippen LogP) is 2.54. The maximum Gasteiger partial charge on any atom is 0.226 e. The molecule has 88 valence electrons. The molecule has 1 aromatic carbocycles. The Bertz CT molecular complexity index is 349. The summed E-state index contributed by atoms with van der Waals surface area (Å²) in [5.74, 6) is 0.0969. The summed E-state index contributed by atoms with van der Waals surface area (Å²) in [6, 6.07) is 7.74. The zero-order chi connectivity index (χ0) is 12.1. The molecule has 4 heteroatoms. The zero-order valence-corrected chi connectivity index (χ0v) is 11.2. The number of benzene rings is 1. The van der Waals surface area contributed by atoms with E-state index in [0.29, 0.717) is 6.42 Å². The third-order valence-corrected chi connectivity index (χ3v) is 2.93. The molecule has 1 amide bonds. The number of anilines is 1. The molecular formula is C12H17BrN2O. The minimum atomic E-state index is 0.0715. The molecule has 16 heavy (non-hydrogen) atoms. The molecule has 1 aromatic rings. The monoisotopic (exact) mass is 284 g/mol. The molecule has 0 spiro atoms. The van der Waals surface area contributed by atoms with Gasteiger partial charge in [0.25, 0.3) is 0 Å². The van der Waals surface area contributed by atoms with Crippen molar-refractivity contribution in [2.24, 2.45) is 5.73 Å². The van der Waals surface area contributed by atoms with Crippen molar-refractivity contribution in [2.45, 2.75) is 25.8 Å². The summed E-state index contributed by atoms with van der Waals surface area (Å²) in [6.07, 6.45) is 1.21. The molecule has 2 N–H and O–H groups in total. The predicted molar refractivity (Wildman–Crippen MR) is 70.4 cm³/mol. The molecule has 0 aliphatic heterocycles. The van der Waals surface area contributed by atoms with Gasteiger partial charge < -0.3 is 10.6 Å². The van der Waals surface area contributed by atoms with Crippen LogP contribution in [0.3, 0.4) is 0 Å². The molecule has 1 atom stereocenters. The summed E-state index contributed by atoms with van der Waals surface area (Å²) in [4.78, 5) is 13.5. The van der Waals surface area contributed by atoms with Crippen molar-refractivity contribution in [3.63, 3.8) is 0 Å². The highest BCUT2D eigenvalue weighted by atomic mass is 79.9. The molecule has 0 aliphatic rings. The van der Waals surface area contributed by atoms with Crippen LogP contribution in [0.2, 0.25) is 0 Å². The van der Waals surface area contributed by atoms with Crippen LogP contribution in [0.15, 0.2) is 28.7 Å². The molecule has 3 nitrogen and oxygen atoms in total. The second kappa shape index (κ2) is 6.01. The van der Waals surface area contributed by atoms with Gasteiger partial charge in [0.2, 0.25) is 5.91 Å². The highest BCUT2D eigenvalue weighted by Crippen LogP contribution is 2.18. The van der Waals surface area contributed by atoms with E-state index in [1.54, 1.807) is 11.9 Å². The maximum atomic E-state index is 11.8. The fourth-order valence-electron chi connectivity index (χ4n) is 1.33. The van der Waals surface area contributed by atoms with Crippen LogP contribution >= 0.6 is 15.9 Å². The normalized spacial score (nSPS) is 12.2. The van der Waals surface area contributed by atoms with Gasteiger partial charge in [-0.2, -0.15) is 0 Å². The van der Waals surface area contributed by atoms with Gasteiger partial charge >= 0.3 is 0 Å². The zero-order valence-electron chi connectivity index (χ0n) is 9.61. The third-order valence-electron chi connectivity index (χ3n) is 2.40. The van der Waals surface area contributed by atoms with E-state index in [2.05, 4.69) is 15.9 Å². The molecule has 1 rings (SSSR count). The first-order valence-corrected chi connectivity index (χ1v) is 6.07. The van der Waals surface area contributed by atoms with Crippen LogP contribution in [0, 0.1) is 0 Å². The van der Waals surface area contributed by atoms with Crippen molar-refractivity contribution in [3.8, 4) is 0 Å². The average Bonchev–Trinajstić information content (AvgIpc) is 2.26. The number of nitrogens with zero attached hydrogens (tertiary/aromatic N) is 1. The molecule has 1 unspecified atom stereocenters. The van der Waals surface area contributed by atoms with Crippen LogP contribution in [0.25, 0.3) is 0 Å². The molecule has 0 bridgehead atoms. The molecule has 0 fully saturated rings. The van der Waals surface area contributed by atoms with Crippen molar-refractivity contribution >= 4 is 27.5 Å². The van der Waals surface area contributed by atoms with E-state index in [0.717, 1.165) is 16.6 Å². The summed E-state index contributed by atoms with van der Waals surface area (Å²) in [6.45, 7) is 1.91. The summed E-state index contributed by atoms with van der Waals surface area (Å²) < 4.78 is 1.01. The van der Waals surface area contributed by atoms with Crippen LogP contribution in [-0.2, 0) is 4.79 Å². The number of hydrogen-bond acceptors (Lipinski definition) is 2. The van der Waals surface area contributed by atoms with Gasteiger partial charge in [0.1, 0.15) is 0 Å². The van der Waals surface area contributed by atoms with Crippen LogP contribution in [0.4, 0.5) is 5.69 Å². The quantitative estimate of drug-likeness (QED) is 0.924. The lowest BCUT2D eigenvalue weighted by Gasteiger charge is -2.17. The Morgan fingerprint density at radius 3 is 2.50 bits per heavy atom. The standard InChI is InChI=1S/C12H17BrN2O/c1-9(14)3-8-12(16)15(2)11-6-4-10(13)5-7-11/h4-7,9H,3,8,14H2,1-2H3. The Morgan fingerprint density at radius 2 is 2.00 bits per heavy atom. The van der Waals surface area contributed by atoms with Crippen LogP contribution in [0.5, 0.6) is 0 Å². The number of halogens is 1. The summed E-state index contributed by atoms with van der Waals surface area (Å²) in [5.41, 5.74) is 6.52. The van der Waals surface area contributed by atoms with E-state index in [1.807, 2.05) is 31.2 Å². The van der Waals surface area contributed by atoms with E-state index in [4.69, 9.17) is 5.73 Å². The summed E-state index contributed by atoms with van der Waals surface area (Å²) in [7, 11) is 1.78. The first-order chi connectivity index (χ1) is 7.50. The fraction of sp³-hybridized carbons (Fsp3) is 0.417. The molecule has 0 saturated carbocycles. The Hall–Kier alpha value is -0.870. The van der Waals surface area contributed by atoms with E-state index < -0.39 is 0 Å². The number of hydrogen-bond donors (Lipinski definition) is 1. The van der Waals surface area contributed by atoms with E-state index in [9.17, 15) is 4.79 Å². The van der Waals surface area contributed by atoms with Gasteiger partial charge in [0.15, 0.2) is 0 Å². The van der Waals surface area contributed by atoms with Crippen molar-refractivity contribution in [3.05, 3.63) is 28.7 Å². The molecular weight excluding hydrogens is 268 g/mol. The fourth-order valence-corrected chi connectivity index (χ4v) is 1.59. The lowest BCUT2D eigenvalue weighted by molar-refractivity contribution is -0.118. The second-order valence-electron chi connectivity index (χ2n) is 3.95. The molecule has 0 heterocycles. The Kier molecular flexibility index (Phi) is 4.96. The highest BCUT2D eigenvalue weighted by Gasteiger charge is 2.11. The number of carbonyl (C=O) groups excluding carboxylic acids is 1. The third kappa shape index (κ3) is 3.94. The topological polar surface area (TPSA) is 46.3 Å². The van der Waals surface area contributed by atoms with Gasteiger partial charge in [-0.3, -0.25) is 4.79 Å². The Labute approximate surface area is 105 Å². The molecule has 0 radical (unpaired) electrons. The second-order valence-corrected chi connectivity index (χ2v) is 4.86. The first-order valence-electron chi connectivity index (χ1n) is 5.28. The number of amides is 1. The van der Waals surface area contributed by atoms with Crippen LogP contribution < -0.4 is 10.6 Å². The number of rotatable bonds is 4.